The van der Waals surface area contributed by atoms with E-state index in [1.54, 1.807) is 0 Å². The molecule has 4 amide bonds. The summed E-state index contributed by atoms with van der Waals surface area (Å²) < 4.78 is -0.550. The summed E-state index contributed by atoms with van der Waals surface area (Å²) in [5, 5.41) is 20.3. The van der Waals surface area contributed by atoms with Gasteiger partial charge < -0.3 is 26.0 Å². The fourth-order valence-electron chi connectivity index (χ4n) is 5.59. The second kappa shape index (κ2) is 13.5. The van der Waals surface area contributed by atoms with E-state index in [0.29, 0.717) is 6.54 Å². The van der Waals surface area contributed by atoms with Crippen LogP contribution in [0.5, 0.6) is 0 Å². The van der Waals surface area contributed by atoms with Crippen LogP contribution < -0.4 is 16.0 Å². The number of urea groups is 1. The van der Waals surface area contributed by atoms with Crippen LogP contribution in [0.15, 0.2) is 54.6 Å². The Labute approximate surface area is 241 Å². The predicted molar refractivity (Wildman–Crippen MR) is 159 cm³/mol. The van der Waals surface area contributed by atoms with Gasteiger partial charge in [0.25, 0.3) is 5.91 Å². The highest BCUT2D eigenvalue weighted by molar-refractivity contribution is 8.00. The third kappa shape index (κ3) is 7.57. The maximum absolute atomic E-state index is 13.8. The molecule has 0 aromatic heterocycles. The van der Waals surface area contributed by atoms with Crippen LogP contribution in [-0.2, 0) is 22.6 Å². The van der Waals surface area contributed by atoms with Gasteiger partial charge in [0.1, 0.15) is 6.04 Å². The van der Waals surface area contributed by atoms with E-state index in [2.05, 4.69) is 16.0 Å². The number of thioether (sulfide) groups is 1. The van der Waals surface area contributed by atoms with Crippen molar-refractivity contribution in [3.63, 3.8) is 0 Å². The number of nitrogens with one attached hydrogen (secondary N) is 3. The molecule has 1 aliphatic heterocycles. The molecule has 3 atom stereocenters. The molecule has 2 aromatic carbocycles. The summed E-state index contributed by atoms with van der Waals surface area (Å²) in [7, 11) is 0. The van der Waals surface area contributed by atoms with Crippen LogP contribution in [0.1, 0.15) is 62.6 Å². The summed E-state index contributed by atoms with van der Waals surface area (Å²) in [6, 6.07) is 15.4. The van der Waals surface area contributed by atoms with Gasteiger partial charge in [-0.1, -0.05) is 73.9 Å². The molecule has 1 heterocycles. The highest BCUT2D eigenvalue weighted by Gasteiger charge is 2.49. The SMILES string of the molecule is Cc1ccccc1CNC(=O)C1N(C(=O)C(O)C(Cc2ccccc2)NC(=O)NC2CCCCC2)CSC1(C)C. The first-order valence-corrected chi connectivity index (χ1v) is 15.2. The molecule has 3 unspecified atom stereocenters. The van der Waals surface area contributed by atoms with E-state index in [1.807, 2.05) is 75.4 Å². The maximum Gasteiger partial charge on any atom is 0.315 e. The second-order valence-electron chi connectivity index (χ2n) is 11.4. The van der Waals surface area contributed by atoms with E-state index in [1.165, 1.54) is 23.1 Å². The number of aliphatic hydroxyl groups excluding tert-OH is 1. The number of aryl methyl sites for hydroxylation is 1. The number of carbonyl (C=O) groups excluding carboxylic acids is 3. The zero-order valence-electron chi connectivity index (χ0n) is 23.7. The molecule has 0 spiro atoms. The standard InChI is InChI=1S/C31H42N4O4S/c1-21-12-10-11-15-23(21)19-32-28(37)27-31(2,3)40-20-35(27)29(38)26(36)25(18-22-13-6-4-7-14-22)34-30(39)33-24-16-8-5-9-17-24/h4,6-7,10-15,24-27,36H,5,8-9,16-20H2,1-3H3,(H,32,37)(H2,33,34,39). The molecule has 1 aliphatic carbocycles. The third-order valence-electron chi connectivity index (χ3n) is 7.98. The maximum atomic E-state index is 13.8. The van der Waals surface area contributed by atoms with Crippen LogP contribution in [0, 0.1) is 6.92 Å². The van der Waals surface area contributed by atoms with Gasteiger partial charge in [0.05, 0.1) is 11.9 Å². The normalized spacial score (nSPS) is 20.4. The third-order valence-corrected chi connectivity index (χ3v) is 9.36. The van der Waals surface area contributed by atoms with Crippen molar-refractivity contribution in [2.45, 2.75) is 94.8 Å². The predicted octanol–water partition coefficient (Wildman–Crippen LogP) is 3.90. The molecule has 1 saturated heterocycles. The molecular formula is C31H42N4O4S. The highest BCUT2D eigenvalue weighted by atomic mass is 32.2. The summed E-state index contributed by atoms with van der Waals surface area (Å²) in [4.78, 5) is 41.7. The molecule has 216 valence electrons. The van der Waals surface area contributed by atoms with Crippen LogP contribution in [-0.4, -0.2) is 62.7 Å². The minimum atomic E-state index is -1.52. The summed E-state index contributed by atoms with van der Waals surface area (Å²) in [5.41, 5.74) is 2.97. The van der Waals surface area contributed by atoms with Crippen molar-refractivity contribution in [2.24, 2.45) is 0 Å². The monoisotopic (exact) mass is 566 g/mol. The molecule has 0 radical (unpaired) electrons. The van der Waals surface area contributed by atoms with Gasteiger partial charge in [-0.2, -0.15) is 0 Å². The van der Waals surface area contributed by atoms with Crippen molar-refractivity contribution < 1.29 is 19.5 Å². The average Bonchev–Trinajstić information content (AvgIpc) is 3.27. The van der Waals surface area contributed by atoms with E-state index in [4.69, 9.17) is 0 Å². The van der Waals surface area contributed by atoms with Gasteiger partial charge in [0, 0.05) is 17.3 Å². The number of rotatable bonds is 9. The van der Waals surface area contributed by atoms with Gasteiger partial charge in [0.2, 0.25) is 5.91 Å². The number of carbonyl (C=O) groups is 3. The summed E-state index contributed by atoms with van der Waals surface area (Å²) >= 11 is 1.50. The number of hydrogen-bond donors (Lipinski definition) is 4. The van der Waals surface area contributed by atoms with Crippen molar-refractivity contribution in [2.75, 3.05) is 5.88 Å². The molecule has 9 heteroatoms. The van der Waals surface area contributed by atoms with Crippen molar-refractivity contribution in [1.82, 2.24) is 20.9 Å². The summed E-state index contributed by atoms with van der Waals surface area (Å²) in [6.45, 7) is 6.22. The smallest absolute Gasteiger partial charge is 0.315 e. The Balaban J connectivity index is 1.48. The lowest BCUT2D eigenvalue weighted by Gasteiger charge is -2.33. The zero-order chi connectivity index (χ0) is 28.7. The van der Waals surface area contributed by atoms with Crippen molar-refractivity contribution >= 4 is 29.6 Å². The molecule has 0 bridgehead atoms. The minimum absolute atomic E-state index is 0.0936. The Kier molecular flexibility index (Phi) is 10.1. The Morgan fingerprint density at radius 3 is 2.40 bits per heavy atom. The Morgan fingerprint density at radius 1 is 1.02 bits per heavy atom. The number of hydrogen-bond acceptors (Lipinski definition) is 5. The van der Waals surface area contributed by atoms with E-state index in [9.17, 15) is 19.5 Å². The second-order valence-corrected chi connectivity index (χ2v) is 13.0. The minimum Gasteiger partial charge on any atom is -0.381 e. The number of nitrogens with zero attached hydrogens (tertiary/aromatic N) is 1. The zero-order valence-corrected chi connectivity index (χ0v) is 24.5. The lowest BCUT2D eigenvalue weighted by Crippen LogP contribution is -2.59. The first-order valence-electron chi connectivity index (χ1n) is 14.2. The van der Waals surface area contributed by atoms with Crippen LogP contribution in [0.4, 0.5) is 4.79 Å². The van der Waals surface area contributed by atoms with Crippen LogP contribution in [0.2, 0.25) is 0 Å². The van der Waals surface area contributed by atoms with E-state index in [-0.39, 0.29) is 30.3 Å². The largest absolute Gasteiger partial charge is 0.381 e. The molecule has 40 heavy (non-hydrogen) atoms. The Hall–Kier alpha value is -3.04. The van der Waals surface area contributed by atoms with Crippen molar-refractivity contribution in [3.8, 4) is 0 Å². The highest BCUT2D eigenvalue weighted by Crippen LogP contribution is 2.40. The lowest BCUT2D eigenvalue weighted by atomic mass is 9.95. The van der Waals surface area contributed by atoms with E-state index < -0.39 is 28.8 Å². The van der Waals surface area contributed by atoms with Gasteiger partial charge in [-0.3, -0.25) is 9.59 Å². The van der Waals surface area contributed by atoms with Gasteiger partial charge >= 0.3 is 6.03 Å². The van der Waals surface area contributed by atoms with Gasteiger partial charge in [0.15, 0.2) is 6.10 Å². The van der Waals surface area contributed by atoms with E-state index >= 15 is 0 Å². The number of benzene rings is 2. The topological polar surface area (TPSA) is 111 Å². The van der Waals surface area contributed by atoms with Crippen LogP contribution >= 0.6 is 11.8 Å². The number of aliphatic hydroxyl groups is 1. The molecule has 8 nitrogen and oxygen atoms in total. The first-order chi connectivity index (χ1) is 19.2. The average molecular weight is 567 g/mol. The molecule has 4 N–H and O–H groups in total. The molecule has 2 aromatic rings. The fourth-order valence-corrected chi connectivity index (χ4v) is 6.73. The van der Waals surface area contributed by atoms with Gasteiger partial charge in [-0.15, -0.1) is 11.8 Å². The Bertz CT molecular complexity index is 1170. The molecule has 1 saturated carbocycles. The number of amides is 4. The van der Waals surface area contributed by atoms with E-state index in [0.717, 1.165) is 42.4 Å². The van der Waals surface area contributed by atoms with Crippen LogP contribution in [0.3, 0.4) is 0 Å². The molecular weight excluding hydrogens is 524 g/mol. The fraction of sp³-hybridized carbons (Fsp3) is 0.516. The lowest BCUT2D eigenvalue weighted by molar-refractivity contribution is -0.147. The summed E-state index contributed by atoms with van der Waals surface area (Å²) in [6.07, 6.45) is 3.95. The van der Waals surface area contributed by atoms with Gasteiger partial charge in [-0.25, -0.2) is 4.79 Å². The molecule has 2 aliphatic rings. The van der Waals surface area contributed by atoms with Crippen molar-refractivity contribution in [3.05, 3.63) is 71.3 Å². The quantitative estimate of drug-likeness (QED) is 0.368. The molecule has 4 rings (SSSR count). The van der Waals surface area contributed by atoms with Crippen LogP contribution in [0.25, 0.3) is 0 Å². The summed E-state index contributed by atoms with van der Waals surface area (Å²) in [5.74, 6) is -0.549. The van der Waals surface area contributed by atoms with Crippen molar-refractivity contribution in [1.29, 1.82) is 0 Å². The first kappa shape index (κ1) is 29.9. The Morgan fingerprint density at radius 2 is 1.70 bits per heavy atom. The molecule has 2 fully saturated rings. The van der Waals surface area contributed by atoms with Gasteiger partial charge in [-0.05, 0) is 56.7 Å².